The van der Waals surface area contributed by atoms with Gasteiger partial charge in [-0.15, -0.1) is 0 Å². The first-order chi connectivity index (χ1) is 28.2. The molecule has 7 aromatic carbocycles. The predicted octanol–water partition coefficient (Wildman–Crippen LogP) is 15.5. The zero-order chi connectivity index (χ0) is 41.4. The van der Waals surface area contributed by atoms with E-state index >= 15 is 0 Å². The summed E-state index contributed by atoms with van der Waals surface area (Å²) in [6, 6.07) is 53.2. The van der Waals surface area contributed by atoms with E-state index in [1.165, 1.54) is 49.6 Å². The molecule has 0 saturated heterocycles. The molecule has 0 aliphatic carbocycles. The van der Waals surface area contributed by atoms with Crippen LogP contribution >= 0.6 is 15.9 Å². The number of hydrogen-bond acceptors (Lipinski definition) is 2. The van der Waals surface area contributed by atoms with E-state index in [0.717, 1.165) is 55.3 Å². The number of aryl methyl sites for hydroxylation is 2. The highest BCUT2D eigenvalue weighted by molar-refractivity contribution is 9.10. The summed E-state index contributed by atoms with van der Waals surface area (Å²) in [6.45, 7) is 20.2. The van der Waals surface area contributed by atoms with Crippen molar-refractivity contribution < 1.29 is 0 Å². The van der Waals surface area contributed by atoms with Crippen LogP contribution in [0.5, 0.6) is 0 Å². The van der Waals surface area contributed by atoms with E-state index in [1.54, 1.807) is 0 Å². The van der Waals surface area contributed by atoms with Crippen molar-refractivity contribution in [3.63, 3.8) is 0 Å². The Bertz CT molecular complexity index is 2980. The second kappa shape index (κ2) is 14.4. The molecule has 2 heterocycles. The molecule has 294 valence electrons. The lowest BCUT2D eigenvalue weighted by Gasteiger charge is -2.30. The smallest absolute Gasteiger partial charge is 0.146 e. The lowest BCUT2D eigenvalue weighted by atomic mass is 9.87. The fourth-order valence-corrected chi connectivity index (χ4v) is 9.39. The fourth-order valence-electron chi connectivity index (χ4n) is 8.78. The van der Waals surface area contributed by atoms with Gasteiger partial charge in [-0.3, -0.25) is 4.57 Å². The van der Waals surface area contributed by atoms with Crippen LogP contribution in [0.3, 0.4) is 0 Å². The maximum Gasteiger partial charge on any atom is 0.146 e. The number of fused-ring (bicyclic) bond motifs is 4. The number of hydrogen-bond donors (Lipinski definition) is 0. The van der Waals surface area contributed by atoms with Crippen LogP contribution < -0.4 is 4.90 Å². The number of anilines is 3. The monoisotopic (exact) mass is 834 g/mol. The van der Waals surface area contributed by atoms with Gasteiger partial charge in [0.05, 0.1) is 49.3 Å². The molecule has 2 aromatic heterocycles. The highest BCUT2D eigenvalue weighted by Gasteiger charge is 2.26. The number of nitrogens with zero attached hydrogens (tertiary/aromatic N) is 4. The summed E-state index contributed by atoms with van der Waals surface area (Å²) in [7, 11) is 0. The third kappa shape index (κ3) is 6.57. The summed E-state index contributed by atoms with van der Waals surface area (Å²) in [5.74, 6) is 0.935. The molecule has 4 nitrogen and oxygen atoms in total. The van der Waals surface area contributed by atoms with Crippen molar-refractivity contribution in [1.29, 1.82) is 0 Å². The van der Waals surface area contributed by atoms with Gasteiger partial charge in [0.25, 0.3) is 0 Å². The SMILES string of the molecule is Cc1cccc(C)c1-c1nc2cc(C(C)(C)C)ccc2n1-c1cccc(N(c2ccc(C(C)(C)C)cc2)c2cccc(-n3c4ccccc4c4ccccc43)c2C)c1Br. The summed E-state index contributed by atoms with van der Waals surface area (Å²) >= 11 is 4.27. The Labute approximate surface area is 356 Å². The molecule has 0 aliphatic rings. The summed E-state index contributed by atoms with van der Waals surface area (Å²) in [5, 5.41) is 2.50. The zero-order valence-electron chi connectivity index (χ0n) is 35.5. The Balaban J connectivity index is 1.31. The summed E-state index contributed by atoms with van der Waals surface area (Å²) in [4.78, 5) is 7.87. The standard InChI is InChI=1S/C54H51BrN4/c1-34-17-14-18-35(2)50(34)52-56-42-33-38(54(7,8)9)29-32-47(42)59(52)49-26-16-25-48(51(49)55)57(39-30-27-37(28-31-39)53(4,5)6)43-23-15-24-44(36(43)3)58-45-21-12-10-19-40(45)41-20-11-13-22-46(41)58/h10-33H,1-9H3. The number of para-hydroxylation sites is 2. The molecule has 0 atom stereocenters. The second-order valence-electron chi connectivity index (χ2n) is 18.0. The maximum absolute atomic E-state index is 5.45. The van der Waals surface area contributed by atoms with E-state index in [0.29, 0.717) is 0 Å². The van der Waals surface area contributed by atoms with Crippen LogP contribution in [0, 0.1) is 20.8 Å². The predicted molar refractivity (Wildman–Crippen MR) is 255 cm³/mol. The van der Waals surface area contributed by atoms with Gasteiger partial charge in [-0.1, -0.05) is 126 Å². The number of halogens is 1. The van der Waals surface area contributed by atoms with Crippen molar-refractivity contribution >= 4 is 65.8 Å². The van der Waals surface area contributed by atoms with E-state index in [-0.39, 0.29) is 10.8 Å². The molecule has 0 saturated carbocycles. The molecular formula is C54H51BrN4. The molecule has 59 heavy (non-hydrogen) atoms. The van der Waals surface area contributed by atoms with E-state index < -0.39 is 0 Å². The Morgan fingerprint density at radius 1 is 0.508 bits per heavy atom. The summed E-state index contributed by atoms with van der Waals surface area (Å²) in [6.07, 6.45) is 0. The van der Waals surface area contributed by atoms with Gasteiger partial charge in [0.15, 0.2) is 0 Å². The number of aromatic nitrogens is 3. The van der Waals surface area contributed by atoms with Crippen LogP contribution in [-0.4, -0.2) is 14.1 Å². The molecule has 0 aliphatic heterocycles. The normalized spacial score (nSPS) is 12.2. The van der Waals surface area contributed by atoms with E-state index in [4.69, 9.17) is 4.98 Å². The largest absolute Gasteiger partial charge is 0.309 e. The van der Waals surface area contributed by atoms with Gasteiger partial charge < -0.3 is 9.47 Å². The maximum atomic E-state index is 5.45. The molecule has 0 N–H and O–H groups in total. The highest BCUT2D eigenvalue weighted by Crippen LogP contribution is 2.46. The number of benzene rings is 7. The first-order valence-corrected chi connectivity index (χ1v) is 21.4. The first kappa shape index (κ1) is 38.6. The van der Waals surface area contributed by atoms with Crippen molar-refractivity contribution in [2.24, 2.45) is 0 Å². The first-order valence-electron chi connectivity index (χ1n) is 20.6. The van der Waals surface area contributed by atoms with Crippen molar-refractivity contribution in [2.45, 2.75) is 73.1 Å². The van der Waals surface area contributed by atoms with E-state index in [9.17, 15) is 0 Å². The minimum Gasteiger partial charge on any atom is -0.309 e. The number of rotatable bonds is 6. The molecule has 0 radical (unpaired) electrons. The summed E-state index contributed by atoms with van der Waals surface area (Å²) in [5.41, 5.74) is 17.1. The fraction of sp³-hybridized carbons (Fsp3) is 0.204. The average molecular weight is 836 g/mol. The molecule has 9 aromatic rings. The lowest BCUT2D eigenvalue weighted by molar-refractivity contribution is 0.590. The van der Waals surface area contributed by atoms with Crippen LogP contribution in [0.4, 0.5) is 17.1 Å². The Hall–Kier alpha value is -5.91. The minimum atomic E-state index is -0.00806. The zero-order valence-corrected chi connectivity index (χ0v) is 37.1. The Morgan fingerprint density at radius 3 is 1.66 bits per heavy atom. The Morgan fingerprint density at radius 2 is 1.05 bits per heavy atom. The van der Waals surface area contributed by atoms with Gasteiger partial charge in [-0.05, 0) is 136 Å². The molecule has 0 unspecified atom stereocenters. The van der Waals surface area contributed by atoms with Crippen molar-refractivity contribution in [1.82, 2.24) is 14.1 Å². The topological polar surface area (TPSA) is 26.0 Å². The van der Waals surface area contributed by atoms with Crippen LogP contribution in [0.1, 0.15) is 69.4 Å². The van der Waals surface area contributed by atoms with Crippen molar-refractivity contribution in [3.05, 3.63) is 178 Å². The number of imidazole rings is 1. The van der Waals surface area contributed by atoms with Gasteiger partial charge in [-0.25, -0.2) is 4.98 Å². The molecular weight excluding hydrogens is 785 g/mol. The molecule has 0 fully saturated rings. The van der Waals surface area contributed by atoms with Gasteiger partial charge in [-0.2, -0.15) is 0 Å². The van der Waals surface area contributed by atoms with Crippen LogP contribution in [-0.2, 0) is 10.8 Å². The van der Waals surface area contributed by atoms with E-state index in [2.05, 4.69) is 238 Å². The van der Waals surface area contributed by atoms with Crippen molar-refractivity contribution in [3.8, 4) is 22.8 Å². The van der Waals surface area contributed by atoms with Crippen LogP contribution in [0.25, 0.3) is 55.6 Å². The lowest BCUT2D eigenvalue weighted by Crippen LogP contribution is -2.15. The van der Waals surface area contributed by atoms with Gasteiger partial charge >= 0.3 is 0 Å². The second-order valence-corrected chi connectivity index (χ2v) is 18.8. The van der Waals surface area contributed by atoms with Crippen LogP contribution in [0.15, 0.2) is 150 Å². The van der Waals surface area contributed by atoms with Gasteiger partial charge in [0.1, 0.15) is 5.82 Å². The van der Waals surface area contributed by atoms with Crippen molar-refractivity contribution in [2.75, 3.05) is 4.90 Å². The van der Waals surface area contributed by atoms with Crippen LogP contribution in [0.2, 0.25) is 0 Å². The van der Waals surface area contributed by atoms with E-state index in [1.807, 2.05) is 0 Å². The third-order valence-electron chi connectivity index (χ3n) is 12.0. The third-order valence-corrected chi connectivity index (χ3v) is 12.8. The highest BCUT2D eigenvalue weighted by atomic mass is 79.9. The molecule has 5 heteroatoms. The average Bonchev–Trinajstić information content (AvgIpc) is 3.74. The van der Waals surface area contributed by atoms with Gasteiger partial charge in [0, 0.05) is 22.0 Å². The van der Waals surface area contributed by atoms with Gasteiger partial charge in [0.2, 0.25) is 0 Å². The minimum absolute atomic E-state index is 0.00806. The molecule has 0 bridgehead atoms. The quantitative estimate of drug-likeness (QED) is 0.167. The Kier molecular flexibility index (Phi) is 9.44. The molecule has 0 amide bonds. The molecule has 9 rings (SSSR count). The molecule has 0 spiro atoms. The summed E-state index contributed by atoms with van der Waals surface area (Å²) < 4.78 is 5.76.